The molecule has 2 aromatic carbocycles. The zero-order valence-corrected chi connectivity index (χ0v) is 12.8. The van der Waals surface area contributed by atoms with Crippen LogP contribution in [0.1, 0.15) is 10.4 Å². The molecule has 6 heteroatoms. The van der Waals surface area contributed by atoms with Crippen molar-refractivity contribution >= 4 is 49.1 Å². The molecule has 0 aromatic heterocycles. The predicted octanol–water partition coefficient (Wildman–Crippen LogP) is 4.19. The van der Waals surface area contributed by atoms with Crippen LogP contribution in [0.2, 0.25) is 0 Å². The maximum Gasteiger partial charge on any atom is 0.255 e. The lowest BCUT2D eigenvalue weighted by atomic mass is 10.2. The largest absolute Gasteiger partial charge is 0.398 e. The van der Waals surface area contributed by atoms with Gasteiger partial charge in [-0.1, -0.05) is 6.07 Å². The average molecular weight is 388 g/mol. The van der Waals surface area contributed by atoms with Gasteiger partial charge in [0.05, 0.1) is 5.69 Å². The molecule has 0 saturated carbocycles. The van der Waals surface area contributed by atoms with Crippen molar-refractivity contribution in [3.8, 4) is 0 Å². The lowest BCUT2D eigenvalue weighted by Crippen LogP contribution is -2.13. The fourth-order valence-electron chi connectivity index (χ4n) is 1.47. The summed E-state index contributed by atoms with van der Waals surface area (Å²) in [5, 5.41) is 2.52. The van der Waals surface area contributed by atoms with Crippen molar-refractivity contribution < 1.29 is 9.18 Å². The van der Waals surface area contributed by atoms with Crippen LogP contribution >= 0.6 is 31.9 Å². The number of amides is 1. The lowest BCUT2D eigenvalue weighted by molar-refractivity contribution is 0.102. The number of nitrogen functional groups attached to an aromatic ring is 1. The first-order valence-corrected chi connectivity index (χ1v) is 6.88. The Hall–Kier alpha value is -1.40. The Morgan fingerprint density at radius 1 is 1.16 bits per heavy atom. The number of hydrogen-bond donors (Lipinski definition) is 2. The molecule has 0 radical (unpaired) electrons. The smallest absolute Gasteiger partial charge is 0.255 e. The van der Waals surface area contributed by atoms with Crippen molar-refractivity contribution in [2.45, 2.75) is 0 Å². The third-order valence-corrected chi connectivity index (χ3v) is 3.81. The van der Waals surface area contributed by atoms with Gasteiger partial charge in [0.1, 0.15) is 5.82 Å². The van der Waals surface area contributed by atoms with E-state index in [4.69, 9.17) is 5.73 Å². The number of nitrogens with two attached hydrogens (primary N) is 1. The van der Waals surface area contributed by atoms with E-state index in [0.29, 0.717) is 20.2 Å². The fraction of sp³-hybridized carbons (Fsp3) is 0. The molecule has 0 aliphatic carbocycles. The number of hydrogen-bond acceptors (Lipinski definition) is 2. The first kappa shape index (κ1) is 14.0. The Labute approximate surface area is 126 Å². The quantitative estimate of drug-likeness (QED) is 0.759. The van der Waals surface area contributed by atoms with Gasteiger partial charge in [0.2, 0.25) is 0 Å². The molecule has 0 aliphatic rings. The third kappa shape index (κ3) is 3.13. The average Bonchev–Trinajstić information content (AvgIpc) is 2.37. The van der Waals surface area contributed by atoms with Gasteiger partial charge in [-0.15, -0.1) is 0 Å². The normalized spacial score (nSPS) is 10.3. The molecule has 19 heavy (non-hydrogen) atoms. The summed E-state index contributed by atoms with van der Waals surface area (Å²) >= 11 is 6.43. The first-order valence-electron chi connectivity index (χ1n) is 5.29. The molecule has 0 heterocycles. The second kappa shape index (κ2) is 5.71. The number of carbonyl (C=O) groups is 1. The molecule has 3 nitrogen and oxygen atoms in total. The van der Waals surface area contributed by atoms with E-state index in [1.54, 1.807) is 30.3 Å². The molecule has 0 bridgehead atoms. The van der Waals surface area contributed by atoms with Crippen LogP contribution < -0.4 is 11.1 Å². The number of rotatable bonds is 2. The van der Waals surface area contributed by atoms with Gasteiger partial charge in [0, 0.05) is 20.2 Å². The summed E-state index contributed by atoms with van der Waals surface area (Å²) in [5.41, 5.74) is 6.67. The highest BCUT2D eigenvalue weighted by atomic mass is 79.9. The molecule has 1 amide bonds. The van der Waals surface area contributed by atoms with Crippen molar-refractivity contribution in [1.29, 1.82) is 0 Å². The lowest BCUT2D eigenvalue weighted by Gasteiger charge is -2.09. The van der Waals surface area contributed by atoms with Gasteiger partial charge in [-0.3, -0.25) is 4.79 Å². The van der Waals surface area contributed by atoms with E-state index in [9.17, 15) is 9.18 Å². The second-order valence-corrected chi connectivity index (χ2v) is 5.50. The van der Waals surface area contributed by atoms with E-state index in [2.05, 4.69) is 37.2 Å². The van der Waals surface area contributed by atoms with Crippen LogP contribution in [0.5, 0.6) is 0 Å². The molecule has 0 saturated heterocycles. The standard InChI is InChI=1S/C13H9Br2FN2O/c14-8-2-1-3-10(16)12(8)18-13(19)7-4-5-11(17)9(15)6-7/h1-6H,17H2,(H,18,19). The van der Waals surface area contributed by atoms with Gasteiger partial charge in [-0.25, -0.2) is 4.39 Å². The summed E-state index contributed by atoms with van der Waals surface area (Å²) in [7, 11) is 0. The number of benzene rings is 2. The van der Waals surface area contributed by atoms with Crippen molar-refractivity contribution in [2.75, 3.05) is 11.1 Å². The number of nitrogens with one attached hydrogen (secondary N) is 1. The van der Waals surface area contributed by atoms with Gasteiger partial charge in [-0.05, 0) is 62.2 Å². The summed E-state index contributed by atoms with van der Waals surface area (Å²) < 4.78 is 14.7. The van der Waals surface area contributed by atoms with Crippen LogP contribution in [0.25, 0.3) is 0 Å². The van der Waals surface area contributed by atoms with Crippen molar-refractivity contribution in [2.24, 2.45) is 0 Å². The van der Waals surface area contributed by atoms with Crippen LogP contribution in [-0.4, -0.2) is 5.91 Å². The molecule has 0 fully saturated rings. The maximum atomic E-state index is 13.6. The van der Waals surface area contributed by atoms with Gasteiger partial charge >= 0.3 is 0 Å². The summed E-state index contributed by atoms with van der Waals surface area (Å²) in [5.74, 6) is -0.913. The minimum absolute atomic E-state index is 0.112. The molecule has 0 unspecified atom stereocenters. The van der Waals surface area contributed by atoms with E-state index >= 15 is 0 Å². The molecular weight excluding hydrogens is 379 g/mol. The maximum absolute atomic E-state index is 13.6. The van der Waals surface area contributed by atoms with Crippen molar-refractivity contribution in [1.82, 2.24) is 0 Å². The Bertz CT molecular complexity index is 626. The molecule has 0 atom stereocenters. The molecule has 2 rings (SSSR count). The van der Waals surface area contributed by atoms with Crippen LogP contribution in [0.15, 0.2) is 45.3 Å². The Balaban J connectivity index is 2.28. The molecule has 0 spiro atoms. The minimum Gasteiger partial charge on any atom is -0.398 e. The molecular formula is C13H9Br2FN2O. The van der Waals surface area contributed by atoms with Crippen LogP contribution in [-0.2, 0) is 0 Å². The molecule has 98 valence electrons. The van der Waals surface area contributed by atoms with Crippen molar-refractivity contribution in [3.63, 3.8) is 0 Å². The van der Waals surface area contributed by atoms with E-state index in [1.807, 2.05) is 0 Å². The third-order valence-electron chi connectivity index (χ3n) is 2.46. The van der Waals surface area contributed by atoms with Gasteiger partial charge in [0.15, 0.2) is 0 Å². The van der Waals surface area contributed by atoms with Crippen LogP contribution in [0.4, 0.5) is 15.8 Å². The highest BCUT2D eigenvalue weighted by Crippen LogP contribution is 2.26. The zero-order valence-electron chi connectivity index (χ0n) is 9.58. The topological polar surface area (TPSA) is 55.1 Å². The summed E-state index contributed by atoms with van der Waals surface area (Å²) in [4.78, 5) is 12.0. The highest BCUT2D eigenvalue weighted by molar-refractivity contribution is 9.11. The summed E-state index contributed by atoms with van der Waals surface area (Å²) in [6.45, 7) is 0. The Kier molecular flexibility index (Phi) is 4.21. The van der Waals surface area contributed by atoms with E-state index in [-0.39, 0.29) is 5.69 Å². The van der Waals surface area contributed by atoms with Gasteiger partial charge in [0.25, 0.3) is 5.91 Å². The molecule has 0 aliphatic heterocycles. The fourth-order valence-corrected chi connectivity index (χ4v) is 2.29. The number of anilines is 2. The minimum atomic E-state index is -0.503. The number of halogens is 3. The van der Waals surface area contributed by atoms with Gasteiger partial charge < -0.3 is 11.1 Å². The second-order valence-electron chi connectivity index (χ2n) is 3.79. The predicted molar refractivity (Wildman–Crippen MR) is 80.6 cm³/mol. The number of para-hydroxylation sites is 1. The summed E-state index contributed by atoms with van der Waals surface area (Å²) in [6, 6.07) is 9.24. The van der Waals surface area contributed by atoms with Gasteiger partial charge in [-0.2, -0.15) is 0 Å². The first-order chi connectivity index (χ1) is 8.99. The molecule has 3 N–H and O–H groups in total. The Morgan fingerprint density at radius 3 is 2.53 bits per heavy atom. The Morgan fingerprint density at radius 2 is 1.89 bits per heavy atom. The van der Waals surface area contributed by atoms with E-state index in [0.717, 1.165) is 0 Å². The van der Waals surface area contributed by atoms with Crippen LogP contribution in [0, 0.1) is 5.82 Å². The van der Waals surface area contributed by atoms with Crippen LogP contribution in [0.3, 0.4) is 0 Å². The molecule has 2 aromatic rings. The summed E-state index contributed by atoms with van der Waals surface area (Å²) in [6.07, 6.45) is 0. The van der Waals surface area contributed by atoms with Crippen molar-refractivity contribution in [3.05, 3.63) is 56.7 Å². The van der Waals surface area contributed by atoms with E-state index in [1.165, 1.54) is 6.07 Å². The number of carbonyl (C=O) groups excluding carboxylic acids is 1. The highest BCUT2D eigenvalue weighted by Gasteiger charge is 2.12. The zero-order chi connectivity index (χ0) is 14.0. The van der Waals surface area contributed by atoms with E-state index < -0.39 is 11.7 Å². The monoisotopic (exact) mass is 386 g/mol. The SMILES string of the molecule is Nc1ccc(C(=O)Nc2c(F)cccc2Br)cc1Br.